The van der Waals surface area contributed by atoms with Crippen LogP contribution in [0.2, 0.25) is 0 Å². The molecule has 2 fully saturated rings. The number of carbonyl (C=O) groups excluding carboxylic acids is 3. The van der Waals surface area contributed by atoms with Crippen LogP contribution >= 0.6 is 0 Å². The third kappa shape index (κ3) is 3.44. The van der Waals surface area contributed by atoms with E-state index < -0.39 is 6.04 Å². The highest BCUT2D eigenvalue weighted by molar-refractivity contribution is 6.05. The van der Waals surface area contributed by atoms with Gasteiger partial charge >= 0.3 is 0 Å². The molecule has 1 aromatic rings. The van der Waals surface area contributed by atoms with E-state index in [-0.39, 0.29) is 24.1 Å². The minimum absolute atomic E-state index is 0.0909. The Hall–Kier alpha value is -2.25. The monoisotopic (exact) mass is 384 g/mol. The summed E-state index contributed by atoms with van der Waals surface area (Å²) >= 11 is 0. The molecule has 3 aliphatic heterocycles. The quantitative estimate of drug-likeness (QED) is 0.753. The first kappa shape index (κ1) is 19.1. The normalized spacial score (nSPS) is 27.9. The van der Waals surface area contributed by atoms with Crippen molar-refractivity contribution < 1.29 is 14.4 Å². The molecule has 3 aliphatic rings. The number of imide groups is 1. The van der Waals surface area contributed by atoms with Crippen molar-refractivity contribution >= 4 is 17.7 Å². The van der Waals surface area contributed by atoms with Crippen LogP contribution in [0.4, 0.5) is 0 Å². The number of hydrogen-bond donors (Lipinski definition) is 2. The number of benzene rings is 1. The summed E-state index contributed by atoms with van der Waals surface area (Å²) in [5.41, 5.74) is 2.73. The molecule has 28 heavy (non-hydrogen) atoms. The molecule has 2 N–H and O–H groups in total. The minimum Gasteiger partial charge on any atom is -0.322 e. The highest BCUT2D eigenvalue weighted by Crippen LogP contribution is 2.31. The van der Waals surface area contributed by atoms with Gasteiger partial charge in [0.2, 0.25) is 11.8 Å². The molecule has 7 heteroatoms. The van der Waals surface area contributed by atoms with Gasteiger partial charge in [-0.1, -0.05) is 25.1 Å². The van der Waals surface area contributed by atoms with Gasteiger partial charge in [0.15, 0.2) is 0 Å². The Morgan fingerprint density at radius 1 is 1.21 bits per heavy atom. The van der Waals surface area contributed by atoms with E-state index in [0.29, 0.717) is 31.5 Å². The number of hydrogen-bond acceptors (Lipinski definition) is 5. The maximum Gasteiger partial charge on any atom is 0.255 e. The predicted octanol–water partition coefficient (Wildman–Crippen LogP) is 0.877. The molecular weight excluding hydrogens is 356 g/mol. The minimum atomic E-state index is -0.562. The lowest BCUT2D eigenvalue weighted by Gasteiger charge is -2.37. The average molecular weight is 384 g/mol. The second kappa shape index (κ2) is 7.64. The summed E-state index contributed by atoms with van der Waals surface area (Å²) in [6.45, 7) is 5.45. The molecule has 3 atom stereocenters. The summed E-state index contributed by atoms with van der Waals surface area (Å²) in [6.07, 6.45) is 1.77. The topological polar surface area (TPSA) is 81.8 Å². The Labute approximate surface area is 165 Å². The van der Waals surface area contributed by atoms with E-state index in [4.69, 9.17) is 0 Å². The molecule has 0 aliphatic carbocycles. The summed E-state index contributed by atoms with van der Waals surface area (Å²) in [5, 5.41) is 5.79. The molecule has 150 valence electrons. The second-order valence-corrected chi connectivity index (χ2v) is 8.30. The highest BCUT2D eigenvalue weighted by atomic mass is 16.2. The maximum absolute atomic E-state index is 13.2. The van der Waals surface area contributed by atoms with Gasteiger partial charge < -0.3 is 10.2 Å². The summed E-state index contributed by atoms with van der Waals surface area (Å²) in [5.74, 6) is -0.151. The zero-order chi connectivity index (χ0) is 19.8. The Balaban J connectivity index is 1.53. The van der Waals surface area contributed by atoms with Gasteiger partial charge in [-0.2, -0.15) is 0 Å². The maximum atomic E-state index is 13.2. The van der Waals surface area contributed by atoms with Crippen LogP contribution in [-0.2, 0) is 22.7 Å². The van der Waals surface area contributed by atoms with Gasteiger partial charge in [-0.25, -0.2) is 0 Å². The van der Waals surface area contributed by atoms with Crippen molar-refractivity contribution in [2.24, 2.45) is 5.92 Å². The van der Waals surface area contributed by atoms with Crippen LogP contribution in [0.15, 0.2) is 18.2 Å². The van der Waals surface area contributed by atoms with Crippen LogP contribution in [0, 0.1) is 5.92 Å². The summed E-state index contributed by atoms with van der Waals surface area (Å²) in [7, 11) is 2.13. The van der Waals surface area contributed by atoms with Crippen LogP contribution in [0.3, 0.4) is 0 Å². The van der Waals surface area contributed by atoms with Gasteiger partial charge in [-0.3, -0.25) is 24.6 Å². The molecule has 0 saturated carbocycles. The summed E-state index contributed by atoms with van der Waals surface area (Å²) in [4.78, 5) is 40.9. The predicted molar refractivity (Wildman–Crippen MR) is 104 cm³/mol. The zero-order valence-electron chi connectivity index (χ0n) is 16.5. The van der Waals surface area contributed by atoms with Gasteiger partial charge in [0.05, 0.1) is 0 Å². The average Bonchev–Trinajstić information content (AvgIpc) is 2.99. The molecule has 0 spiro atoms. The van der Waals surface area contributed by atoms with Crippen LogP contribution < -0.4 is 10.6 Å². The van der Waals surface area contributed by atoms with Crippen molar-refractivity contribution in [2.75, 3.05) is 20.1 Å². The Bertz CT molecular complexity index is 809. The van der Waals surface area contributed by atoms with Crippen LogP contribution in [0.1, 0.15) is 47.7 Å². The standard InChI is InChI=1S/C21H28N4O3/c1-13-10-22-9-8-16(13)24(2)11-14-4-3-5-15-12-25(21(28)19(14)15)17-6-7-18(26)23-20(17)27/h3-5,13,16-17,22H,6-12H2,1-2H3,(H,23,26,27). The summed E-state index contributed by atoms with van der Waals surface area (Å²) < 4.78 is 0. The largest absolute Gasteiger partial charge is 0.322 e. The molecule has 0 aromatic heterocycles. The molecule has 0 bridgehead atoms. The van der Waals surface area contributed by atoms with Crippen LogP contribution in [0.25, 0.3) is 0 Å². The van der Waals surface area contributed by atoms with Gasteiger partial charge in [-0.15, -0.1) is 0 Å². The lowest BCUT2D eigenvalue weighted by atomic mass is 9.93. The first-order valence-corrected chi connectivity index (χ1v) is 10.1. The molecule has 3 unspecified atom stereocenters. The van der Waals surface area contributed by atoms with Crippen LogP contribution in [0.5, 0.6) is 0 Å². The van der Waals surface area contributed by atoms with Gasteiger partial charge in [-0.05, 0) is 50.0 Å². The molecule has 7 nitrogen and oxygen atoms in total. The van der Waals surface area contributed by atoms with Crippen molar-refractivity contribution in [3.05, 3.63) is 34.9 Å². The summed E-state index contributed by atoms with van der Waals surface area (Å²) in [6, 6.07) is 5.91. The second-order valence-electron chi connectivity index (χ2n) is 8.30. The van der Waals surface area contributed by atoms with E-state index >= 15 is 0 Å². The number of nitrogens with one attached hydrogen (secondary N) is 2. The SMILES string of the molecule is CC1CNCCC1N(C)Cc1cccc2c1C(=O)N(C1CCC(=O)NC1=O)C2. The van der Waals surface area contributed by atoms with Crippen molar-refractivity contribution in [2.45, 2.75) is 51.4 Å². The highest BCUT2D eigenvalue weighted by Gasteiger charge is 2.40. The molecule has 1 aromatic carbocycles. The number of nitrogens with zero attached hydrogens (tertiary/aromatic N) is 2. The van der Waals surface area contributed by atoms with E-state index in [9.17, 15) is 14.4 Å². The number of rotatable bonds is 4. The first-order chi connectivity index (χ1) is 13.5. The van der Waals surface area contributed by atoms with Crippen molar-refractivity contribution in [3.63, 3.8) is 0 Å². The number of piperidine rings is 2. The molecule has 0 radical (unpaired) electrons. The van der Waals surface area contributed by atoms with Gasteiger partial charge in [0, 0.05) is 31.1 Å². The fourth-order valence-corrected chi connectivity index (χ4v) is 4.86. The number of fused-ring (bicyclic) bond motifs is 1. The van der Waals surface area contributed by atoms with E-state index in [1.54, 1.807) is 4.90 Å². The van der Waals surface area contributed by atoms with Crippen LogP contribution in [-0.4, -0.2) is 59.7 Å². The lowest BCUT2D eigenvalue weighted by molar-refractivity contribution is -0.136. The third-order valence-electron chi connectivity index (χ3n) is 6.36. The fourth-order valence-electron chi connectivity index (χ4n) is 4.86. The van der Waals surface area contributed by atoms with Crippen molar-refractivity contribution in [3.8, 4) is 0 Å². The Morgan fingerprint density at radius 2 is 2.04 bits per heavy atom. The zero-order valence-corrected chi connectivity index (χ0v) is 16.5. The van der Waals surface area contributed by atoms with E-state index in [2.05, 4.69) is 29.5 Å². The van der Waals surface area contributed by atoms with E-state index in [1.165, 1.54) is 0 Å². The Kier molecular flexibility index (Phi) is 5.21. The first-order valence-electron chi connectivity index (χ1n) is 10.1. The Morgan fingerprint density at radius 3 is 2.79 bits per heavy atom. The van der Waals surface area contributed by atoms with Crippen molar-refractivity contribution in [1.82, 2.24) is 20.4 Å². The van der Waals surface area contributed by atoms with Gasteiger partial charge in [0.25, 0.3) is 5.91 Å². The molecule has 3 heterocycles. The lowest BCUT2D eigenvalue weighted by Crippen LogP contribution is -2.52. The van der Waals surface area contributed by atoms with Crippen molar-refractivity contribution in [1.29, 1.82) is 0 Å². The third-order valence-corrected chi connectivity index (χ3v) is 6.36. The number of carbonyl (C=O) groups is 3. The van der Waals surface area contributed by atoms with E-state index in [0.717, 1.165) is 36.2 Å². The molecule has 4 rings (SSSR count). The smallest absolute Gasteiger partial charge is 0.255 e. The van der Waals surface area contributed by atoms with E-state index in [1.807, 2.05) is 18.2 Å². The molecule has 2 saturated heterocycles. The van der Waals surface area contributed by atoms with Gasteiger partial charge in [0.1, 0.15) is 6.04 Å². The fraction of sp³-hybridized carbons (Fsp3) is 0.571. The molecule has 3 amide bonds. The molecular formula is C21H28N4O3. The number of amides is 3.